The molecule has 0 bridgehead atoms. The molecule has 2 aromatic heterocycles. The number of hydrogen-bond acceptors (Lipinski definition) is 5. The Morgan fingerprint density at radius 2 is 2.33 bits per heavy atom. The summed E-state index contributed by atoms with van der Waals surface area (Å²) in [6.07, 6.45) is 4.45. The minimum atomic E-state index is 0.345. The molecule has 3 rings (SSSR count). The van der Waals surface area contributed by atoms with Crippen LogP contribution in [0.15, 0.2) is 16.8 Å². The normalized spacial score (nSPS) is 15.9. The van der Waals surface area contributed by atoms with Crippen LogP contribution >= 0.6 is 22.7 Å². The van der Waals surface area contributed by atoms with E-state index in [9.17, 15) is 4.79 Å². The zero-order chi connectivity index (χ0) is 14.8. The van der Waals surface area contributed by atoms with Gasteiger partial charge in [0.15, 0.2) is 11.4 Å². The van der Waals surface area contributed by atoms with Crippen molar-refractivity contribution in [3.63, 3.8) is 0 Å². The lowest BCUT2D eigenvalue weighted by Crippen LogP contribution is -2.24. The fourth-order valence-corrected chi connectivity index (χ4v) is 4.13. The van der Waals surface area contributed by atoms with E-state index in [4.69, 9.17) is 4.98 Å². The van der Waals surface area contributed by atoms with E-state index in [1.54, 1.807) is 22.7 Å². The first-order valence-corrected chi connectivity index (χ1v) is 9.22. The number of aromatic nitrogens is 1. The summed E-state index contributed by atoms with van der Waals surface area (Å²) in [7, 11) is 0. The lowest BCUT2D eigenvalue weighted by molar-refractivity contribution is 0.112. The molecule has 0 amide bonds. The Morgan fingerprint density at radius 3 is 2.90 bits per heavy atom. The topological polar surface area (TPSA) is 33.2 Å². The number of hydrogen-bond donors (Lipinski definition) is 0. The number of rotatable bonds is 7. The minimum Gasteiger partial charge on any atom is -0.341 e. The van der Waals surface area contributed by atoms with Gasteiger partial charge in [0, 0.05) is 12.6 Å². The highest BCUT2D eigenvalue weighted by Crippen LogP contribution is 2.38. The molecule has 1 saturated carbocycles. The average molecular weight is 320 g/mol. The van der Waals surface area contributed by atoms with Gasteiger partial charge < -0.3 is 4.90 Å². The monoisotopic (exact) mass is 320 g/mol. The molecule has 21 heavy (non-hydrogen) atoms. The molecule has 0 radical (unpaired) electrons. The minimum absolute atomic E-state index is 0.345. The molecule has 112 valence electrons. The summed E-state index contributed by atoms with van der Waals surface area (Å²) in [5, 5.41) is 5.32. The number of thiophene rings is 1. The maximum absolute atomic E-state index is 11.3. The molecule has 3 nitrogen and oxygen atoms in total. The predicted molar refractivity (Wildman–Crippen MR) is 89.7 cm³/mol. The second-order valence-corrected chi connectivity index (χ2v) is 7.45. The molecule has 0 spiro atoms. The summed E-state index contributed by atoms with van der Waals surface area (Å²) in [5.74, 6) is 0.345. The van der Waals surface area contributed by atoms with Gasteiger partial charge >= 0.3 is 0 Å². The van der Waals surface area contributed by atoms with Crippen molar-refractivity contribution in [1.82, 2.24) is 4.98 Å². The van der Waals surface area contributed by atoms with Crippen LogP contribution in [-0.4, -0.2) is 17.3 Å². The van der Waals surface area contributed by atoms with Gasteiger partial charge in [0.25, 0.3) is 0 Å². The van der Waals surface area contributed by atoms with Gasteiger partial charge in [-0.2, -0.15) is 11.3 Å². The number of thiazole rings is 1. The van der Waals surface area contributed by atoms with Crippen molar-refractivity contribution in [2.45, 2.75) is 51.6 Å². The number of anilines is 1. The zero-order valence-electron chi connectivity index (χ0n) is 12.4. The molecular weight excluding hydrogens is 300 g/mol. The first kappa shape index (κ1) is 14.7. The number of carbonyl (C=O) groups is 1. The smallest absolute Gasteiger partial charge is 0.186 e. The van der Waals surface area contributed by atoms with Gasteiger partial charge in [0.1, 0.15) is 0 Å². The fraction of sp³-hybridized carbons (Fsp3) is 0.500. The SMILES string of the molecule is CCC(C)c1nc(N(Cc2ccsc2)C2CC2)sc1C=O. The van der Waals surface area contributed by atoms with Gasteiger partial charge in [0.2, 0.25) is 0 Å². The number of nitrogens with zero attached hydrogens (tertiary/aromatic N) is 2. The molecule has 1 unspecified atom stereocenters. The van der Waals surface area contributed by atoms with Crippen molar-refractivity contribution >= 4 is 34.1 Å². The third kappa shape index (κ3) is 3.19. The molecule has 0 aromatic carbocycles. The van der Waals surface area contributed by atoms with Crippen LogP contribution in [0.5, 0.6) is 0 Å². The van der Waals surface area contributed by atoms with Crippen LogP contribution in [-0.2, 0) is 6.54 Å². The average Bonchev–Trinajstić information content (AvgIpc) is 3.04. The molecule has 0 saturated heterocycles. The van der Waals surface area contributed by atoms with E-state index in [-0.39, 0.29) is 0 Å². The summed E-state index contributed by atoms with van der Waals surface area (Å²) in [6.45, 7) is 5.19. The lowest BCUT2D eigenvalue weighted by atomic mass is 10.0. The first-order chi connectivity index (χ1) is 10.2. The van der Waals surface area contributed by atoms with Gasteiger partial charge in [-0.3, -0.25) is 4.79 Å². The standard InChI is InChI=1S/C16H20N2OS2/c1-3-11(2)15-14(9-19)21-16(17-15)18(13-4-5-13)8-12-6-7-20-10-12/h6-7,9-11,13H,3-5,8H2,1-2H3. The van der Waals surface area contributed by atoms with Crippen LogP contribution in [0.4, 0.5) is 5.13 Å². The molecule has 5 heteroatoms. The van der Waals surface area contributed by atoms with E-state index in [1.165, 1.54) is 18.4 Å². The van der Waals surface area contributed by atoms with Crippen molar-refractivity contribution in [1.29, 1.82) is 0 Å². The summed E-state index contributed by atoms with van der Waals surface area (Å²) in [6, 6.07) is 2.77. The quantitative estimate of drug-likeness (QED) is 0.693. The maximum Gasteiger partial charge on any atom is 0.186 e. The maximum atomic E-state index is 11.3. The summed E-state index contributed by atoms with van der Waals surface area (Å²) >= 11 is 3.28. The van der Waals surface area contributed by atoms with Crippen molar-refractivity contribution in [2.24, 2.45) is 0 Å². The summed E-state index contributed by atoms with van der Waals surface area (Å²) in [5.41, 5.74) is 2.31. The molecule has 1 aliphatic rings. The Morgan fingerprint density at radius 1 is 1.52 bits per heavy atom. The van der Waals surface area contributed by atoms with Crippen LogP contribution in [0.1, 0.15) is 60.0 Å². The first-order valence-electron chi connectivity index (χ1n) is 7.46. The fourth-order valence-electron chi connectivity index (χ4n) is 2.40. The molecule has 1 fully saturated rings. The highest BCUT2D eigenvalue weighted by molar-refractivity contribution is 7.17. The van der Waals surface area contributed by atoms with Crippen molar-refractivity contribution in [2.75, 3.05) is 4.90 Å². The zero-order valence-corrected chi connectivity index (χ0v) is 14.0. The van der Waals surface area contributed by atoms with Gasteiger partial charge in [-0.25, -0.2) is 4.98 Å². The van der Waals surface area contributed by atoms with Crippen LogP contribution in [0.25, 0.3) is 0 Å². The molecule has 0 aliphatic heterocycles. The van der Waals surface area contributed by atoms with Gasteiger partial charge in [0.05, 0.1) is 10.6 Å². The molecule has 1 atom stereocenters. The van der Waals surface area contributed by atoms with E-state index >= 15 is 0 Å². The Bertz CT molecular complexity index is 602. The van der Waals surface area contributed by atoms with E-state index in [2.05, 4.69) is 35.6 Å². The van der Waals surface area contributed by atoms with Crippen LogP contribution in [0.3, 0.4) is 0 Å². The molecular formula is C16H20N2OS2. The molecule has 2 heterocycles. The second kappa shape index (κ2) is 6.28. The summed E-state index contributed by atoms with van der Waals surface area (Å²) < 4.78 is 0. The third-order valence-corrected chi connectivity index (χ3v) is 5.79. The lowest BCUT2D eigenvalue weighted by Gasteiger charge is -2.20. The van der Waals surface area contributed by atoms with Crippen molar-refractivity contribution in [3.05, 3.63) is 33.0 Å². The highest BCUT2D eigenvalue weighted by atomic mass is 32.1. The van der Waals surface area contributed by atoms with Crippen LogP contribution in [0.2, 0.25) is 0 Å². The Balaban J connectivity index is 1.88. The van der Waals surface area contributed by atoms with Gasteiger partial charge in [-0.15, -0.1) is 0 Å². The van der Waals surface area contributed by atoms with Gasteiger partial charge in [-0.05, 0) is 47.6 Å². The largest absolute Gasteiger partial charge is 0.341 e. The Labute approximate surface area is 133 Å². The molecule has 1 aliphatic carbocycles. The van der Waals surface area contributed by atoms with E-state index in [0.29, 0.717) is 12.0 Å². The van der Waals surface area contributed by atoms with E-state index in [0.717, 1.165) is 35.0 Å². The molecule has 0 N–H and O–H groups in total. The highest BCUT2D eigenvalue weighted by Gasteiger charge is 2.32. The Hall–Kier alpha value is -1.20. The van der Waals surface area contributed by atoms with E-state index in [1.807, 2.05) is 0 Å². The predicted octanol–water partition coefficient (Wildman–Crippen LogP) is 4.70. The Kier molecular flexibility index (Phi) is 4.40. The molecule has 2 aromatic rings. The number of carbonyl (C=O) groups excluding carboxylic acids is 1. The van der Waals surface area contributed by atoms with Crippen molar-refractivity contribution < 1.29 is 4.79 Å². The van der Waals surface area contributed by atoms with Crippen LogP contribution < -0.4 is 4.90 Å². The third-order valence-electron chi connectivity index (χ3n) is 4.02. The van der Waals surface area contributed by atoms with E-state index < -0.39 is 0 Å². The summed E-state index contributed by atoms with van der Waals surface area (Å²) in [4.78, 5) is 19.3. The van der Waals surface area contributed by atoms with Gasteiger partial charge in [-0.1, -0.05) is 25.2 Å². The van der Waals surface area contributed by atoms with Crippen molar-refractivity contribution in [3.8, 4) is 0 Å². The number of aldehydes is 1. The second-order valence-electron chi connectivity index (χ2n) is 5.66. The van der Waals surface area contributed by atoms with Crippen LogP contribution in [0, 0.1) is 0 Å².